The summed E-state index contributed by atoms with van der Waals surface area (Å²) in [5, 5.41) is 5.88. The number of nitrogens with one attached hydrogen (secondary N) is 2. The molecule has 1 aromatic rings. The van der Waals surface area contributed by atoms with Gasteiger partial charge in [0.2, 0.25) is 11.8 Å². The van der Waals surface area contributed by atoms with Crippen molar-refractivity contribution in [3.63, 3.8) is 0 Å². The van der Waals surface area contributed by atoms with E-state index in [9.17, 15) is 9.59 Å². The highest BCUT2D eigenvalue weighted by Gasteiger charge is 2.37. The Balaban J connectivity index is 1.60. The highest BCUT2D eigenvalue weighted by atomic mass is 32.2. The van der Waals surface area contributed by atoms with E-state index < -0.39 is 0 Å². The third kappa shape index (κ3) is 4.55. The molecule has 3 rings (SSSR count). The molecule has 1 atom stereocenters. The predicted octanol–water partition coefficient (Wildman–Crippen LogP) is 1.21. The maximum Gasteiger partial charge on any atom is 0.237 e. The average molecular weight is 362 g/mol. The van der Waals surface area contributed by atoms with Gasteiger partial charge >= 0.3 is 0 Å². The van der Waals surface area contributed by atoms with Gasteiger partial charge in [0.05, 0.1) is 12.5 Å². The third-order valence-corrected chi connectivity index (χ3v) is 5.79. The average Bonchev–Trinajstić information content (AvgIpc) is 3.04. The number of carbonyl (C=O) groups excluding carboxylic acids is 2. The van der Waals surface area contributed by atoms with Gasteiger partial charge in [0.15, 0.2) is 0 Å². The summed E-state index contributed by atoms with van der Waals surface area (Å²) in [6.45, 7) is 2.16. The van der Waals surface area contributed by atoms with Gasteiger partial charge in [-0.25, -0.2) is 0 Å². The first-order valence-corrected chi connectivity index (χ1v) is 10.4. The summed E-state index contributed by atoms with van der Waals surface area (Å²) in [6.07, 6.45) is 5.21. The maximum atomic E-state index is 12.4. The monoisotopic (exact) mass is 361 g/mol. The summed E-state index contributed by atoms with van der Waals surface area (Å²) < 4.78 is 0. The van der Waals surface area contributed by atoms with Gasteiger partial charge in [-0.3, -0.25) is 14.5 Å². The highest BCUT2D eigenvalue weighted by molar-refractivity contribution is 7.98. The van der Waals surface area contributed by atoms with Crippen LogP contribution >= 0.6 is 11.8 Å². The molecule has 2 aliphatic rings. The SMILES string of the molecule is CSCCCNC(=O)CC1C(=O)NCCN1C1Cc2ccccc2C1. The van der Waals surface area contributed by atoms with Crippen molar-refractivity contribution in [1.82, 2.24) is 15.5 Å². The fraction of sp³-hybridized carbons (Fsp3) is 0.579. The lowest BCUT2D eigenvalue weighted by Crippen LogP contribution is -2.59. The molecule has 6 heteroatoms. The van der Waals surface area contributed by atoms with Crippen molar-refractivity contribution >= 4 is 23.6 Å². The molecule has 0 spiro atoms. The summed E-state index contributed by atoms with van der Waals surface area (Å²) in [7, 11) is 0. The van der Waals surface area contributed by atoms with Crippen LogP contribution in [0.15, 0.2) is 24.3 Å². The second-order valence-electron chi connectivity index (χ2n) is 6.78. The van der Waals surface area contributed by atoms with E-state index in [2.05, 4.69) is 46.1 Å². The quantitative estimate of drug-likeness (QED) is 0.717. The van der Waals surface area contributed by atoms with Crippen LogP contribution in [0.25, 0.3) is 0 Å². The molecule has 2 amide bonds. The molecule has 1 heterocycles. The van der Waals surface area contributed by atoms with E-state index in [1.165, 1.54) is 11.1 Å². The first-order chi connectivity index (χ1) is 12.2. The zero-order chi connectivity index (χ0) is 17.6. The number of thioether (sulfide) groups is 1. The van der Waals surface area contributed by atoms with Crippen LogP contribution in [0.2, 0.25) is 0 Å². The molecule has 1 fully saturated rings. The largest absolute Gasteiger partial charge is 0.356 e. The van der Waals surface area contributed by atoms with Crippen LogP contribution < -0.4 is 10.6 Å². The minimum absolute atomic E-state index is 0.0125. The van der Waals surface area contributed by atoms with E-state index >= 15 is 0 Å². The smallest absolute Gasteiger partial charge is 0.237 e. The Hall–Kier alpha value is -1.53. The van der Waals surface area contributed by atoms with E-state index in [1.54, 1.807) is 11.8 Å². The molecule has 1 aliphatic heterocycles. The van der Waals surface area contributed by atoms with Crippen LogP contribution in [0.4, 0.5) is 0 Å². The molecule has 0 radical (unpaired) electrons. The number of hydrogen-bond donors (Lipinski definition) is 2. The molecule has 0 aromatic heterocycles. The summed E-state index contributed by atoms with van der Waals surface area (Å²) >= 11 is 1.78. The van der Waals surface area contributed by atoms with Crippen LogP contribution in [-0.2, 0) is 22.4 Å². The number of rotatable bonds is 7. The summed E-state index contributed by atoms with van der Waals surface area (Å²) in [5.41, 5.74) is 2.75. The molecule has 0 bridgehead atoms. The summed E-state index contributed by atoms with van der Waals surface area (Å²) in [6, 6.07) is 8.46. The summed E-state index contributed by atoms with van der Waals surface area (Å²) in [4.78, 5) is 26.9. The van der Waals surface area contributed by atoms with Crippen molar-refractivity contribution in [2.45, 2.75) is 37.8 Å². The van der Waals surface area contributed by atoms with Crippen molar-refractivity contribution in [2.24, 2.45) is 0 Å². The lowest BCUT2D eigenvalue weighted by molar-refractivity contribution is -0.135. The Morgan fingerprint density at radius 2 is 2.04 bits per heavy atom. The van der Waals surface area contributed by atoms with E-state index in [0.29, 0.717) is 19.1 Å². The van der Waals surface area contributed by atoms with Crippen molar-refractivity contribution in [3.8, 4) is 0 Å². The Bertz CT molecular complexity index is 597. The predicted molar refractivity (Wildman–Crippen MR) is 102 cm³/mol. The Labute approximate surface area is 153 Å². The third-order valence-electron chi connectivity index (χ3n) is 5.10. The number of nitrogens with zero attached hydrogens (tertiary/aromatic N) is 1. The van der Waals surface area contributed by atoms with Crippen LogP contribution in [0.1, 0.15) is 24.0 Å². The summed E-state index contributed by atoms with van der Waals surface area (Å²) in [5.74, 6) is 1.00. The zero-order valence-electron chi connectivity index (χ0n) is 14.8. The van der Waals surface area contributed by atoms with Crippen molar-refractivity contribution in [3.05, 3.63) is 35.4 Å². The van der Waals surface area contributed by atoms with E-state index in [-0.39, 0.29) is 24.3 Å². The van der Waals surface area contributed by atoms with Gasteiger partial charge in [0, 0.05) is 25.7 Å². The molecular formula is C19H27N3O2S. The molecule has 136 valence electrons. The number of hydrogen-bond acceptors (Lipinski definition) is 4. The van der Waals surface area contributed by atoms with Gasteiger partial charge in [-0.15, -0.1) is 0 Å². The molecular weight excluding hydrogens is 334 g/mol. The molecule has 1 aliphatic carbocycles. The second kappa shape index (κ2) is 8.72. The van der Waals surface area contributed by atoms with Crippen LogP contribution in [0.5, 0.6) is 0 Å². The number of piperazine rings is 1. The molecule has 0 saturated carbocycles. The lowest BCUT2D eigenvalue weighted by atomic mass is 10.0. The van der Waals surface area contributed by atoms with E-state index in [0.717, 1.165) is 31.6 Å². The molecule has 2 N–H and O–H groups in total. The molecule has 25 heavy (non-hydrogen) atoms. The first kappa shape index (κ1) is 18.3. The van der Waals surface area contributed by atoms with Crippen LogP contribution in [-0.4, -0.2) is 60.4 Å². The van der Waals surface area contributed by atoms with Crippen molar-refractivity contribution < 1.29 is 9.59 Å². The van der Waals surface area contributed by atoms with E-state index in [1.807, 2.05) is 0 Å². The number of carbonyl (C=O) groups is 2. The molecule has 1 aromatic carbocycles. The minimum Gasteiger partial charge on any atom is -0.356 e. The Morgan fingerprint density at radius 3 is 2.72 bits per heavy atom. The van der Waals surface area contributed by atoms with Gasteiger partial charge in [-0.2, -0.15) is 11.8 Å². The van der Waals surface area contributed by atoms with E-state index in [4.69, 9.17) is 0 Å². The Kier molecular flexibility index (Phi) is 6.37. The molecule has 1 saturated heterocycles. The topological polar surface area (TPSA) is 61.4 Å². The zero-order valence-corrected chi connectivity index (χ0v) is 15.6. The highest BCUT2D eigenvalue weighted by Crippen LogP contribution is 2.28. The second-order valence-corrected chi connectivity index (χ2v) is 7.76. The standard InChI is InChI=1S/C19H27N3O2S/c1-25-10-4-7-20-18(23)13-17-19(24)21-8-9-22(17)16-11-14-5-2-3-6-15(14)12-16/h2-3,5-6,16-17H,4,7-13H2,1H3,(H,20,23)(H,21,24). The van der Waals surface area contributed by atoms with Crippen molar-refractivity contribution in [2.75, 3.05) is 31.6 Å². The number of fused-ring (bicyclic) bond motifs is 1. The van der Waals surface area contributed by atoms with Gasteiger partial charge in [0.1, 0.15) is 0 Å². The number of amides is 2. The normalized spacial score (nSPS) is 21.0. The van der Waals surface area contributed by atoms with Gasteiger partial charge in [0.25, 0.3) is 0 Å². The number of benzene rings is 1. The van der Waals surface area contributed by atoms with Crippen LogP contribution in [0.3, 0.4) is 0 Å². The lowest BCUT2D eigenvalue weighted by Gasteiger charge is -2.38. The molecule has 1 unspecified atom stereocenters. The fourth-order valence-electron chi connectivity index (χ4n) is 3.84. The maximum absolute atomic E-state index is 12.4. The minimum atomic E-state index is -0.353. The first-order valence-electron chi connectivity index (χ1n) is 9.05. The van der Waals surface area contributed by atoms with Gasteiger partial charge in [-0.1, -0.05) is 24.3 Å². The van der Waals surface area contributed by atoms with Crippen molar-refractivity contribution in [1.29, 1.82) is 0 Å². The molecule has 5 nitrogen and oxygen atoms in total. The van der Waals surface area contributed by atoms with Gasteiger partial charge in [-0.05, 0) is 42.4 Å². The van der Waals surface area contributed by atoms with Crippen LogP contribution in [0, 0.1) is 0 Å². The fourth-order valence-corrected chi connectivity index (χ4v) is 4.27. The Morgan fingerprint density at radius 1 is 1.32 bits per heavy atom. The van der Waals surface area contributed by atoms with Gasteiger partial charge < -0.3 is 10.6 Å².